The number of para-hydroxylation sites is 2. The van der Waals surface area contributed by atoms with E-state index in [9.17, 15) is 10.1 Å². The zero-order valence-corrected chi connectivity index (χ0v) is 17.0. The van der Waals surface area contributed by atoms with Gasteiger partial charge in [0.1, 0.15) is 5.69 Å². The summed E-state index contributed by atoms with van der Waals surface area (Å²) in [5.74, 6) is 0. The number of benzene rings is 2. The fourth-order valence-electron chi connectivity index (χ4n) is 3.68. The van der Waals surface area contributed by atoms with Crippen LogP contribution in [0, 0.1) is 10.1 Å². The molecule has 4 rings (SSSR count). The molecule has 2 aromatic carbocycles. The number of hydrogen-bond donors (Lipinski definition) is 0. The highest BCUT2D eigenvalue weighted by Gasteiger charge is 2.14. The van der Waals surface area contributed by atoms with Crippen molar-refractivity contribution in [1.82, 2.24) is 4.57 Å². The van der Waals surface area contributed by atoms with Crippen molar-refractivity contribution in [1.29, 1.82) is 0 Å². The maximum atomic E-state index is 11.4. The van der Waals surface area contributed by atoms with Crippen LogP contribution in [0.3, 0.4) is 0 Å². The maximum Gasteiger partial charge on any atom is 0.294 e. The number of thiazole rings is 1. The minimum Gasteiger partial charge on any atom is -0.316 e. The Kier molecular flexibility index (Phi) is 6.00. The average molecular weight is 406 g/mol. The van der Waals surface area contributed by atoms with E-state index in [0.717, 1.165) is 29.0 Å². The first kappa shape index (κ1) is 19.3. The number of nitrogens with zero attached hydrogens (tertiary/aromatic N) is 3. The Labute approximate surface area is 173 Å². The van der Waals surface area contributed by atoms with Crippen molar-refractivity contribution in [2.45, 2.75) is 38.6 Å². The molecule has 0 unspecified atom stereocenters. The smallest absolute Gasteiger partial charge is 0.294 e. The van der Waals surface area contributed by atoms with Gasteiger partial charge in [-0.05, 0) is 43.7 Å². The number of nitro groups is 1. The third kappa shape index (κ3) is 4.54. The number of nitro benzene ring substituents is 1. The Morgan fingerprint density at radius 1 is 1.07 bits per heavy atom. The highest BCUT2D eigenvalue weighted by molar-refractivity contribution is 7.07. The van der Waals surface area contributed by atoms with Gasteiger partial charge in [0.15, 0.2) is 4.80 Å². The molecule has 0 N–H and O–H groups in total. The molecule has 0 spiro atoms. The molecule has 29 heavy (non-hydrogen) atoms. The Bertz CT molecular complexity index is 1100. The molecule has 1 aliphatic carbocycles. The summed E-state index contributed by atoms with van der Waals surface area (Å²) in [7, 11) is 0. The third-order valence-corrected chi connectivity index (χ3v) is 6.07. The molecule has 1 heterocycles. The molecule has 3 aromatic rings. The first-order valence-corrected chi connectivity index (χ1v) is 10.8. The number of allylic oxidation sites excluding steroid dienone is 2. The summed E-state index contributed by atoms with van der Waals surface area (Å²) < 4.78 is 2.20. The van der Waals surface area contributed by atoms with Crippen LogP contribution < -0.4 is 4.80 Å². The van der Waals surface area contributed by atoms with Gasteiger partial charge in [0, 0.05) is 18.0 Å². The van der Waals surface area contributed by atoms with Crippen LogP contribution in [0.5, 0.6) is 0 Å². The molecule has 0 saturated heterocycles. The summed E-state index contributed by atoms with van der Waals surface area (Å²) in [6.45, 7) is 0.818. The number of rotatable bonds is 6. The molecule has 5 nitrogen and oxygen atoms in total. The van der Waals surface area contributed by atoms with E-state index in [-0.39, 0.29) is 10.6 Å². The van der Waals surface area contributed by atoms with Crippen LogP contribution in [0.1, 0.15) is 32.1 Å². The van der Waals surface area contributed by atoms with E-state index in [2.05, 4.69) is 28.2 Å². The van der Waals surface area contributed by atoms with Gasteiger partial charge in [-0.25, -0.2) is 4.99 Å². The molecule has 0 fully saturated rings. The van der Waals surface area contributed by atoms with Crippen LogP contribution in [-0.2, 0) is 6.54 Å². The maximum absolute atomic E-state index is 11.4. The van der Waals surface area contributed by atoms with E-state index in [4.69, 9.17) is 4.99 Å². The monoisotopic (exact) mass is 405 g/mol. The summed E-state index contributed by atoms with van der Waals surface area (Å²) in [5.41, 5.74) is 4.16. The van der Waals surface area contributed by atoms with E-state index in [1.807, 2.05) is 18.2 Å². The minimum absolute atomic E-state index is 0.0312. The van der Waals surface area contributed by atoms with Crippen molar-refractivity contribution in [3.63, 3.8) is 0 Å². The molecular formula is C23H23N3O2S. The molecule has 0 saturated carbocycles. The topological polar surface area (TPSA) is 60.4 Å². The lowest BCUT2D eigenvalue weighted by molar-refractivity contribution is -0.384. The van der Waals surface area contributed by atoms with Crippen LogP contribution in [-0.4, -0.2) is 9.49 Å². The SMILES string of the molecule is O=[N+]([O-])c1ccccc1N=c1scc(-c2ccccc2)n1CCC1=CCCCC1. The molecular weight excluding hydrogens is 382 g/mol. The lowest BCUT2D eigenvalue weighted by atomic mass is 9.97. The zero-order chi connectivity index (χ0) is 20.1. The Balaban J connectivity index is 1.77. The predicted octanol–water partition coefficient (Wildman–Crippen LogP) is 6.25. The van der Waals surface area contributed by atoms with Crippen molar-refractivity contribution in [2.75, 3.05) is 0 Å². The van der Waals surface area contributed by atoms with Gasteiger partial charge in [0.25, 0.3) is 5.69 Å². The highest BCUT2D eigenvalue weighted by atomic mass is 32.1. The van der Waals surface area contributed by atoms with Gasteiger partial charge in [0.2, 0.25) is 0 Å². The molecule has 0 bridgehead atoms. The van der Waals surface area contributed by atoms with Crippen LogP contribution in [0.15, 0.2) is 76.6 Å². The van der Waals surface area contributed by atoms with Gasteiger partial charge in [0.05, 0.1) is 10.6 Å². The van der Waals surface area contributed by atoms with Crippen molar-refractivity contribution in [2.24, 2.45) is 4.99 Å². The van der Waals surface area contributed by atoms with Crippen molar-refractivity contribution in [3.8, 4) is 11.3 Å². The first-order valence-electron chi connectivity index (χ1n) is 9.92. The minimum atomic E-state index is -0.373. The van der Waals surface area contributed by atoms with Crippen molar-refractivity contribution in [3.05, 3.63) is 86.5 Å². The van der Waals surface area contributed by atoms with Gasteiger partial charge in [-0.2, -0.15) is 0 Å². The second kappa shape index (κ2) is 9.01. The molecule has 1 aliphatic rings. The second-order valence-corrected chi connectivity index (χ2v) is 7.97. The normalized spacial score (nSPS) is 14.6. The molecule has 1 aromatic heterocycles. The van der Waals surface area contributed by atoms with Gasteiger partial charge in [-0.1, -0.05) is 54.1 Å². The Morgan fingerprint density at radius 3 is 2.62 bits per heavy atom. The number of aromatic nitrogens is 1. The van der Waals surface area contributed by atoms with E-state index < -0.39 is 0 Å². The second-order valence-electron chi connectivity index (χ2n) is 7.14. The van der Waals surface area contributed by atoms with Crippen LogP contribution >= 0.6 is 11.3 Å². The molecule has 6 heteroatoms. The van der Waals surface area contributed by atoms with Crippen LogP contribution in [0.25, 0.3) is 11.3 Å². The molecule has 148 valence electrons. The highest BCUT2D eigenvalue weighted by Crippen LogP contribution is 2.27. The fourth-order valence-corrected chi connectivity index (χ4v) is 4.63. The van der Waals surface area contributed by atoms with Gasteiger partial charge >= 0.3 is 0 Å². The quantitative estimate of drug-likeness (QED) is 0.276. The summed E-state index contributed by atoms with van der Waals surface area (Å²) in [6.07, 6.45) is 8.24. The molecule has 0 atom stereocenters. The van der Waals surface area contributed by atoms with E-state index in [1.54, 1.807) is 18.2 Å². The average Bonchev–Trinajstić information content (AvgIpc) is 3.16. The summed E-state index contributed by atoms with van der Waals surface area (Å²) >= 11 is 1.53. The number of hydrogen-bond acceptors (Lipinski definition) is 4. The fraction of sp³-hybridized carbons (Fsp3) is 0.261. The largest absolute Gasteiger partial charge is 0.316 e. The summed E-state index contributed by atoms with van der Waals surface area (Å²) in [6, 6.07) is 16.9. The van der Waals surface area contributed by atoms with E-state index >= 15 is 0 Å². The Hall–Kier alpha value is -2.99. The van der Waals surface area contributed by atoms with Gasteiger partial charge < -0.3 is 4.57 Å². The van der Waals surface area contributed by atoms with Crippen molar-refractivity contribution < 1.29 is 4.92 Å². The lowest BCUT2D eigenvalue weighted by Crippen LogP contribution is -2.16. The summed E-state index contributed by atoms with van der Waals surface area (Å²) in [5, 5.41) is 13.5. The van der Waals surface area contributed by atoms with Gasteiger partial charge in [-0.3, -0.25) is 10.1 Å². The first-order chi connectivity index (χ1) is 14.2. The third-order valence-electron chi connectivity index (χ3n) is 5.20. The van der Waals surface area contributed by atoms with E-state index in [1.165, 1.54) is 48.7 Å². The standard InChI is InChI=1S/C23H23N3O2S/c27-26(28)21-14-8-7-13-20(21)24-23-25(16-15-18-9-3-1-4-10-18)22(17-29-23)19-11-5-2-6-12-19/h2,5-9,11-14,17H,1,3-4,10,15-16H2. The lowest BCUT2D eigenvalue weighted by Gasteiger charge is -2.14. The molecule has 0 aliphatic heterocycles. The van der Waals surface area contributed by atoms with E-state index in [0.29, 0.717) is 5.69 Å². The van der Waals surface area contributed by atoms with Crippen molar-refractivity contribution >= 4 is 22.7 Å². The van der Waals surface area contributed by atoms with Crippen LogP contribution in [0.4, 0.5) is 11.4 Å². The summed E-state index contributed by atoms with van der Waals surface area (Å²) in [4.78, 5) is 16.5. The van der Waals surface area contributed by atoms with Crippen LogP contribution in [0.2, 0.25) is 0 Å². The molecule has 0 radical (unpaired) electrons. The zero-order valence-electron chi connectivity index (χ0n) is 16.2. The van der Waals surface area contributed by atoms with Gasteiger partial charge in [-0.15, -0.1) is 11.3 Å². The molecule has 0 amide bonds. The Morgan fingerprint density at radius 2 is 1.86 bits per heavy atom. The predicted molar refractivity (Wildman–Crippen MR) is 117 cm³/mol.